The summed E-state index contributed by atoms with van der Waals surface area (Å²) in [7, 11) is 5.98. The molecule has 2 atom stereocenters. The van der Waals surface area contributed by atoms with E-state index in [0.717, 1.165) is 122 Å². The molecule has 0 fully saturated rings. The van der Waals surface area contributed by atoms with Gasteiger partial charge in [-0.3, -0.25) is 9.59 Å². The van der Waals surface area contributed by atoms with Gasteiger partial charge in [-0.1, -0.05) is 423 Å². The van der Waals surface area contributed by atoms with Crippen LogP contribution in [0.4, 0.5) is 0 Å². The number of unbranched alkanes of at least 4 members (excludes halogenated alkanes) is 43. The number of esters is 2. The maximum atomic E-state index is 13.0. The molecule has 9 heteroatoms. The smallest absolute Gasteiger partial charge is 0.361 e. The average Bonchev–Trinajstić information content (AvgIpc) is 0.935. The Bertz CT molecular complexity index is 2270. The van der Waals surface area contributed by atoms with Crippen LogP contribution in [-0.4, -0.2) is 87.4 Å². The highest BCUT2D eigenvalue weighted by molar-refractivity contribution is 5.71. The summed E-state index contributed by atoms with van der Waals surface area (Å²) in [5, 5.41) is 9.79. The molecule has 0 radical (unpaired) electrons. The molecule has 0 aliphatic carbocycles. The summed E-state index contributed by atoms with van der Waals surface area (Å²) < 4.78 is 23.0. The van der Waals surface area contributed by atoms with E-state index in [0.29, 0.717) is 23.9 Å². The molecular weight excluding hydrogens is 1310 g/mol. The van der Waals surface area contributed by atoms with Crippen LogP contribution in [0.3, 0.4) is 0 Å². The highest BCUT2D eigenvalue weighted by Crippen LogP contribution is 2.20. The van der Waals surface area contributed by atoms with Crippen LogP contribution in [0.5, 0.6) is 0 Å². The molecule has 0 bridgehead atoms. The largest absolute Gasteiger partial charge is 0.477 e. The third-order valence-corrected chi connectivity index (χ3v) is 19.4. The molecule has 0 aromatic heterocycles. The van der Waals surface area contributed by atoms with E-state index >= 15 is 0 Å². The Hall–Kier alpha value is -4.83. The number of aliphatic carboxylic acids is 1. The molecule has 608 valence electrons. The van der Waals surface area contributed by atoms with Gasteiger partial charge in [0, 0.05) is 12.8 Å². The van der Waals surface area contributed by atoms with Gasteiger partial charge in [-0.25, -0.2) is 4.79 Å². The molecule has 1 N–H and O–H groups in total. The van der Waals surface area contributed by atoms with Crippen molar-refractivity contribution in [2.45, 2.75) is 405 Å². The first-order chi connectivity index (χ1) is 52.1. The van der Waals surface area contributed by atoms with Gasteiger partial charge in [-0.15, -0.1) is 0 Å². The molecule has 0 aromatic carbocycles. The summed E-state index contributed by atoms with van der Waals surface area (Å²) in [5.74, 6) is -2.03. The number of hydrogen-bond acceptors (Lipinski definition) is 7. The monoisotopic (exact) mass is 1480 g/mol. The molecule has 0 rings (SSSR count). The third-order valence-electron chi connectivity index (χ3n) is 19.4. The Morgan fingerprint density at radius 1 is 0.292 bits per heavy atom. The lowest BCUT2D eigenvalue weighted by molar-refractivity contribution is -0.870. The summed E-state index contributed by atoms with van der Waals surface area (Å²) in [6.07, 6.45) is 123. The normalized spacial score (nSPS) is 13.3. The maximum absolute atomic E-state index is 13.0. The molecule has 9 nitrogen and oxygen atoms in total. The van der Waals surface area contributed by atoms with E-state index in [1.807, 2.05) is 21.1 Å². The number of likely N-dealkylation sites (N-methyl/N-ethyl adjacent to an activating group) is 1. The van der Waals surface area contributed by atoms with Crippen LogP contribution in [0.25, 0.3) is 0 Å². The first-order valence-corrected chi connectivity index (χ1v) is 44.5. The minimum atomic E-state index is -1.53. The minimum absolute atomic E-state index is 0.177. The van der Waals surface area contributed by atoms with Crippen LogP contribution >= 0.6 is 0 Å². The van der Waals surface area contributed by atoms with Crippen molar-refractivity contribution in [2.24, 2.45) is 0 Å². The highest BCUT2D eigenvalue weighted by atomic mass is 16.7. The summed E-state index contributed by atoms with van der Waals surface area (Å²) in [6, 6.07) is 0. The average molecular weight is 1480 g/mol. The van der Waals surface area contributed by atoms with Crippen LogP contribution in [-0.2, 0) is 33.3 Å². The van der Waals surface area contributed by atoms with Gasteiger partial charge in [0.1, 0.15) is 13.2 Å². The van der Waals surface area contributed by atoms with Crippen molar-refractivity contribution in [3.8, 4) is 0 Å². The third kappa shape index (κ3) is 86.4. The molecular formula is C97H168NO8+. The molecule has 0 aliphatic rings. The van der Waals surface area contributed by atoms with E-state index in [9.17, 15) is 19.5 Å². The second-order valence-corrected chi connectivity index (χ2v) is 30.8. The maximum Gasteiger partial charge on any atom is 0.361 e. The molecule has 0 heterocycles. The number of nitrogens with zero attached hydrogens (tertiary/aromatic N) is 1. The molecule has 0 spiro atoms. The summed E-state index contributed by atoms with van der Waals surface area (Å²) in [6.45, 7) is 4.77. The number of allylic oxidation sites excluding steroid dienone is 24. The van der Waals surface area contributed by atoms with E-state index in [2.05, 4.69) is 160 Å². The predicted molar refractivity (Wildman–Crippen MR) is 460 cm³/mol. The van der Waals surface area contributed by atoms with E-state index in [4.69, 9.17) is 18.9 Å². The fourth-order valence-corrected chi connectivity index (χ4v) is 12.6. The SMILES string of the molecule is CC/C=C\C/C=C\C/C=C\C/C=C\C/C=C\C/C=C\C/C=C\C/C=C\C/C=C\C/C=C\C/C=C\C/C=C\CCCCCCC(=O)OC(COC(=O)CCCCCCCCCCCCCCCCCCCCCCCCCCCCCCCCCCCCCCCCCC)COC(OCC[N+](C)(C)C)C(=O)O. The quantitative estimate of drug-likeness (QED) is 0.0211. The van der Waals surface area contributed by atoms with Gasteiger partial charge < -0.3 is 28.5 Å². The number of carbonyl (C=O) groups is 3. The Balaban J connectivity index is 4.05. The lowest BCUT2D eigenvalue weighted by Gasteiger charge is -2.25. The molecule has 0 aliphatic heterocycles. The van der Waals surface area contributed by atoms with Crippen LogP contribution in [0, 0.1) is 0 Å². The van der Waals surface area contributed by atoms with Crippen molar-refractivity contribution in [3.05, 3.63) is 146 Å². The lowest BCUT2D eigenvalue weighted by Crippen LogP contribution is -2.40. The Kier molecular flexibility index (Phi) is 81.9. The van der Waals surface area contributed by atoms with Gasteiger partial charge in [-0.05, 0) is 103 Å². The zero-order chi connectivity index (χ0) is 76.7. The topological polar surface area (TPSA) is 108 Å². The Morgan fingerprint density at radius 2 is 0.538 bits per heavy atom. The molecule has 0 saturated heterocycles. The van der Waals surface area contributed by atoms with E-state index in [1.165, 1.54) is 238 Å². The van der Waals surface area contributed by atoms with Gasteiger partial charge >= 0.3 is 17.9 Å². The van der Waals surface area contributed by atoms with E-state index in [-0.39, 0.29) is 32.2 Å². The standard InChI is InChI=1S/C97H167NO8/c1-6-8-10-12-14-16-18-20-22-24-26-28-30-32-34-36-38-40-42-44-46-48-50-52-54-56-58-60-62-64-66-68-70-72-74-76-78-80-82-84-86-88-95(100)106-93(92-105-97(96(101)102)103-90-89-98(3,4)5)91-104-94(99)87-85-83-81-79-77-75-73-71-69-67-65-63-61-59-57-55-53-51-49-47-45-43-41-39-37-35-33-31-29-27-25-23-21-19-17-15-13-11-9-7-2/h8,10,14,16,20,22,26,28,32,34,38,40,44,46,50,52,56,58,62,64,68,70,74,76,93,97H,6-7,9,11-13,15,17-19,21,23-25,27,29-31,33,35-37,39,41-43,45,47-49,51,53-55,57,59-61,63,65-67,69,71-73,75,77-92H2,1-5H3/p+1/b10-8-,16-14-,22-20-,28-26-,34-32-,40-38-,46-44-,52-50-,58-56-,64-62-,70-68-,76-74-. The van der Waals surface area contributed by atoms with E-state index in [1.54, 1.807) is 0 Å². The van der Waals surface area contributed by atoms with Gasteiger partial charge in [0.25, 0.3) is 6.29 Å². The van der Waals surface area contributed by atoms with Crippen LogP contribution in [0.2, 0.25) is 0 Å². The number of quaternary nitrogens is 1. The molecule has 0 saturated carbocycles. The van der Waals surface area contributed by atoms with Crippen molar-refractivity contribution in [1.29, 1.82) is 0 Å². The second-order valence-electron chi connectivity index (χ2n) is 30.8. The minimum Gasteiger partial charge on any atom is -0.477 e. The van der Waals surface area contributed by atoms with Gasteiger partial charge in [0.05, 0.1) is 34.4 Å². The zero-order valence-corrected chi connectivity index (χ0v) is 69.8. The number of hydrogen-bond donors (Lipinski definition) is 1. The van der Waals surface area contributed by atoms with Gasteiger partial charge in [0.2, 0.25) is 0 Å². The number of rotatable bonds is 82. The van der Waals surface area contributed by atoms with Gasteiger partial charge in [-0.2, -0.15) is 0 Å². The number of ether oxygens (including phenoxy) is 4. The first kappa shape index (κ1) is 101. The highest BCUT2D eigenvalue weighted by Gasteiger charge is 2.25. The number of carboxylic acid groups (broad SMARTS) is 1. The number of carboxylic acids is 1. The fraction of sp³-hybridized carbons (Fsp3) is 0.722. The van der Waals surface area contributed by atoms with E-state index < -0.39 is 24.3 Å². The van der Waals surface area contributed by atoms with Crippen molar-refractivity contribution < 1.29 is 42.9 Å². The zero-order valence-electron chi connectivity index (χ0n) is 69.8. The summed E-state index contributed by atoms with van der Waals surface area (Å²) >= 11 is 0. The van der Waals surface area contributed by atoms with Crippen molar-refractivity contribution in [3.63, 3.8) is 0 Å². The first-order valence-electron chi connectivity index (χ1n) is 44.5. The molecule has 2 unspecified atom stereocenters. The number of carbonyl (C=O) groups excluding carboxylic acids is 2. The second kappa shape index (κ2) is 85.8. The van der Waals surface area contributed by atoms with Crippen LogP contribution < -0.4 is 0 Å². The van der Waals surface area contributed by atoms with Gasteiger partial charge in [0.15, 0.2) is 6.10 Å². The Morgan fingerprint density at radius 3 is 0.802 bits per heavy atom. The summed E-state index contributed by atoms with van der Waals surface area (Å²) in [4.78, 5) is 37.8. The predicted octanol–water partition coefficient (Wildman–Crippen LogP) is 29.3. The van der Waals surface area contributed by atoms with Crippen LogP contribution in [0.1, 0.15) is 393 Å². The molecule has 0 amide bonds. The molecule has 106 heavy (non-hydrogen) atoms. The Labute approximate surface area is 655 Å². The summed E-state index contributed by atoms with van der Waals surface area (Å²) in [5.41, 5.74) is 0. The molecule has 0 aromatic rings. The van der Waals surface area contributed by atoms with Crippen LogP contribution in [0.15, 0.2) is 146 Å². The lowest BCUT2D eigenvalue weighted by atomic mass is 10.0. The van der Waals surface area contributed by atoms with Crippen molar-refractivity contribution in [1.82, 2.24) is 0 Å². The van der Waals surface area contributed by atoms with Crippen molar-refractivity contribution in [2.75, 3.05) is 47.5 Å². The fourth-order valence-electron chi connectivity index (χ4n) is 12.6. The van der Waals surface area contributed by atoms with Crippen molar-refractivity contribution >= 4 is 17.9 Å².